The van der Waals surface area contributed by atoms with Crippen LogP contribution in [0.5, 0.6) is 0 Å². The van der Waals surface area contributed by atoms with Crippen LogP contribution in [-0.4, -0.2) is 11.1 Å². The maximum absolute atomic E-state index is 11.4. The van der Waals surface area contributed by atoms with Gasteiger partial charge in [0.15, 0.2) is 0 Å². The molecular weight excluding hydrogens is 380 g/mol. The normalized spacial score (nSPS) is 43.5. The average Bonchev–Trinajstić information content (AvgIpc) is 3.10. The molecule has 0 saturated heterocycles. The fraction of sp³-hybridized carbons (Fsp3) is 0.828. The minimum absolute atomic E-state index is 0.506. The fourth-order valence-corrected chi connectivity index (χ4v) is 9.20. The zero-order valence-corrected chi connectivity index (χ0v) is 20.8. The number of aliphatic carboxylic acids is 1. The summed E-state index contributed by atoms with van der Waals surface area (Å²) in [6.07, 6.45) is 19.2. The molecule has 0 amide bonds. The summed E-state index contributed by atoms with van der Waals surface area (Å²) in [7, 11) is 0. The highest BCUT2D eigenvalue weighted by atomic mass is 16.4. The number of rotatable bonds is 6. The first kappa shape index (κ1) is 23.1. The van der Waals surface area contributed by atoms with Gasteiger partial charge in [-0.05, 0) is 124 Å². The predicted molar refractivity (Wildman–Crippen MR) is 129 cm³/mol. The van der Waals surface area contributed by atoms with E-state index in [4.69, 9.17) is 0 Å². The zero-order valence-electron chi connectivity index (χ0n) is 20.8. The van der Waals surface area contributed by atoms with Crippen LogP contribution in [0.1, 0.15) is 105 Å². The van der Waals surface area contributed by atoms with Crippen molar-refractivity contribution < 1.29 is 9.90 Å². The Morgan fingerprint density at radius 1 is 1.06 bits per heavy atom. The summed E-state index contributed by atoms with van der Waals surface area (Å²) in [5.41, 5.74) is 2.79. The number of allylic oxidation sites excluding steroid dienone is 3. The molecule has 0 aromatic heterocycles. The number of hydrogen-bond acceptors (Lipinski definition) is 1. The Bertz CT molecular complexity index is 748. The van der Waals surface area contributed by atoms with Crippen LogP contribution in [0.3, 0.4) is 0 Å². The van der Waals surface area contributed by atoms with Crippen LogP contribution in [-0.2, 0) is 4.79 Å². The van der Waals surface area contributed by atoms with Gasteiger partial charge in [0.2, 0.25) is 0 Å². The lowest BCUT2D eigenvalue weighted by molar-refractivity contribution is -0.132. The molecule has 1 N–H and O–H groups in total. The van der Waals surface area contributed by atoms with Crippen molar-refractivity contribution in [2.45, 2.75) is 105 Å². The lowest BCUT2D eigenvalue weighted by Crippen LogP contribution is -2.52. The first-order valence-corrected chi connectivity index (χ1v) is 13.3. The van der Waals surface area contributed by atoms with E-state index in [1.165, 1.54) is 51.4 Å². The Balaban J connectivity index is 1.47. The van der Waals surface area contributed by atoms with Gasteiger partial charge in [0, 0.05) is 5.57 Å². The molecule has 0 spiro atoms. The summed E-state index contributed by atoms with van der Waals surface area (Å²) in [6.45, 7) is 11.7. The summed E-state index contributed by atoms with van der Waals surface area (Å²) in [4.78, 5) is 11.4. The summed E-state index contributed by atoms with van der Waals surface area (Å²) in [6, 6.07) is 0. The minimum atomic E-state index is -0.739. The molecule has 2 heteroatoms. The first-order chi connectivity index (χ1) is 14.7. The van der Waals surface area contributed by atoms with E-state index in [-0.39, 0.29) is 0 Å². The molecule has 174 valence electrons. The van der Waals surface area contributed by atoms with Crippen molar-refractivity contribution in [3.8, 4) is 0 Å². The van der Waals surface area contributed by atoms with Gasteiger partial charge in [-0.1, -0.05) is 45.4 Å². The van der Waals surface area contributed by atoms with E-state index in [0.29, 0.717) is 22.3 Å². The third-order valence-electron chi connectivity index (χ3n) is 11.1. The second kappa shape index (κ2) is 8.71. The van der Waals surface area contributed by atoms with E-state index in [1.54, 1.807) is 6.92 Å². The first-order valence-electron chi connectivity index (χ1n) is 13.3. The average molecular weight is 427 g/mol. The van der Waals surface area contributed by atoms with Crippen molar-refractivity contribution in [3.63, 3.8) is 0 Å². The van der Waals surface area contributed by atoms with E-state index in [2.05, 4.69) is 39.8 Å². The van der Waals surface area contributed by atoms with Gasteiger partial charge in [0.25, 0.3) is 0 Å². The van der Waals surface area contributed by atoms with Crippen LogP contribution >= 0.6 is 0 Å². The van der Waals surface area contributed by atoms with Gasteiger partial charge in [-0.2, -0.15) is 0 Å². The molecule has 0 heterocycles. The van der Waals surface area contributed by atoms with Crippen molar-refractivity contribution >= 4 is 5.97 Å². The Labute approximate surface area is 191 Å². The highest BCUT2D eigenvalue weighted by Gasteiger charge is 2.59. The molecule has 4 aliphatic carbocycles. The molecular formula is C29H46O2. The summed E-state index contributed by atoms with van der Waals surface area (Å²) in [5.74, 6) is 4.51. The molecule has 2 nitrogen and oxygen atoms in total. The van der Waals surface area contributed by atoms with Crippen LogP contribution in [0.2, 0.25) is 0 Å². The van der Waals surface area contributed by atoms with E-state index < -0.39 is 5.97 Å². The quantitative estimate of drug-likeness (QED) is 0.344. The van der Waals surface area contributed by atoms with Crippen molar-refractivity contribution in [3.05, 3.63) is 23.3 Å². The van der Waals surface area contributed by atoms with Crippen LogP contribution in [0.15, 0.2) is 23.3 Å². The molecule has 0 aliphatic heterocycles. The largest absolute Gasteiger partial charge is 0.478 e. The third-order valence-corrected chi connectivity index (χ3v) is 11.1. The van der Waals surface area contributed by atoms with E-state index in [9.17, 15) is 9.90 Å². The number of carboxylic acid groups (broad SMARTS) is 1. The Kier molecular flexibility index (Phi) is 6.50. The smallest absolute Gasteiger partial charge is 0.331 e. The number of fused-ring (bicyclic) bond motifs is 5. The zero-order chi connectivity index (χ0) is 22.4. The van der Waals surface area contributed by atoms with Gasteiger partial charge in [-0.3, -0.25) is 0 Å². The van der Waals surface area contributed by atoms with Crippen LogP contribution in [0, 0.1) is 46.3 Å². The molecule has 4 rings (SSSR count). The van der Waals surface area contributed by atoms with E-state index in [1.807, 2.05) is 0 Å². The van der Waals surface area contributed by atoms with Gasteiger partial charge < -0.3 is 5.11 Å². The lowest BCUT2D eigenvalue weighted by Gasteiger charge is -2.60. The van der Waals surface area contributed by atoms with Gasteiger partial charge in [0.1, 0.15) is 0 Å². The summed E-state index contributed by atoms with van der Waals surface area (Å²) >= 11 is 0. The lowest BCUT2D eigenvalue weighted by atomic mass is 9.45. The predicted octanol–water partition coefficient (Wildman–Crippen LogP) is 8.04. The van der Waals surface area contributed by atoms with E-state index in [0.717, 1.165) is 54.4 Å². The van der Waals surface area contributed by atoms with Gasteiger partial charge in [-0.25, -0.2) is 4.79 Å². The summed E-state index contributed by atoms with van der Waals surface area (Å²) < 4.78 is 0. The second-order valence-electron chi connectivity index (χ2n) is 12.2. The molecule has 1 unspecified atom stereocenters. The van der Waals surface area contributed by atoms with Gasteiger partial charge >= 0.3 is 5.97 Å². The topological polar surface area (TPSA) is 37.3 Å². The van der Waals surface area contributed by atoms with Crippen LogP contribution in [0.25, 0.3) is 0 Å². The highest BCUT2D eigenvalue weighted by Crippen LogP contribution is 2.68. The summed E-state index contributed by atoms with van der Waals surface area (Å²) in [5, 5.41) is 9.41. The highest BCUT2D eigenvalue weighted by molar-refractivity contribution is 5.86. The van der Waals surface area contributed by atoms with E-state index >= 15 is 0 Å². The monoisotopic (exact) mass is 426 g/mol. The molecule has 0 bridgehead atoms. The molecule has 3 fully saturated rings. The third kappa shape index (κ3) is 3.84. The molecule has 3 saturated carbocycles. The maximum atomic E-state index is 11.4. The van der Waals surface area contributed by atoms with Crippen molar-refractivity contribution in [2.24, 2.45) is 46.3 Å². The molecule has 0 aromatic carbocycles. The molecule has 8 atom stereocenters. The molecule has 0 aromatic rings. The van der Waals surface area contributed by atoms with Crippen molar-refractivity contribution in [1.82, 2.24) is 0 Å². The van der Waals surface area contributed by atoms with Crippen molar-refractivity contribution in [1.29, 1.82) is 0 Å². The van der Waals surface area contributed by atoms with Crippen molar-refractivity contribution in [2.75, 3.05) is 0 Å². The molecule has 4 aliphatic rings. The second-order valence-corrected chi connectivity index (χ2v) is 12.2. The Morgan fingerprint density at radius 2 is 1.81 bits per heavy atom. The number of carbonyl (C=O) groups is 1. The SMILES string of the molecule is CCC(CC[C@@H](C)[C@H]1CC[C@H]2[C@@H]3CCC4CC=CC[C@]4(C)[C@H]3CC[C@]12C)=C(C)C(=O)O. The molecule has 31 heavy (non-hydrogen) atoms. The number of hydrogen-bond donors (Lipinski definition) is 1. The maximum Gasteiger partial charge on any atom is 0.331 e. The van der Waals surface area contributed by atoms with Crippen LogP contribution < -0.4 is 0 Å². The number of carboxylic acids is 1. The Hall–Kier alpha value is -1.05. The molecule has 0 radical (unpaired) electrons. The van der Waals surface area contributed by atoms with Gasteiger partial charge in [-0.15, -0.1) is 0 Å². The minimum Gasteiger partial charge on any atom is -0.478 e. The van der Waals surface area contributed by atoms with Crippen LogP contribution in [0.4, 0.5) is 0 Å². The standard InChI is InChI=1S/C29H46O2/c1-6-21(20(3)27(30)31)11-10-19(2)24-14-15-25-23-13-12-22-9-7-8-17-28(22,4)26(23)16-18-29(24,25)5/h7-8,19,22-26H,6,9-18H2,1-5H3,(H,30,31)/t19-,22?,23+,24-,25+,26+,28+,29-/m1/s1. The van der Waals surface area contributed by atoms with Gasteiger partial charge in [0.05, 0.1) is 0 Å². The fourth-order valence-electron chi connectivity index (χ4n) is 9.20. The Morgan fingerprint density at radius 3 is 2.52 bits per heavy atom.